The van der Waals surface area contributed by atoms with Crippen molar-refractivity contribution in [2.24, 2.45) is 5.73 Å². The Bertz CT molecular complexity index is 656. The second kappa shape index (κ2) is 6.93. The van der Waals surface area contributed by atoms with Crippen LogP contribution in [-0.2, 0) is 11.3 Å². The molecule has 1 aliphatic rings. The Hall–Kier alpha value is -2.18. The first-order valence-corrected chi connectivity index (χ1v) is 7.92. The van der Waals surface area contributed by atoms with E-state index in [1.54, 1.807) is 0 Å². The fraction of sp³-hybridized carbons (Fsp3) is 0.412. The molecule has 1 atom stereocenters. The molecule has 2 aromatic rings. The van der Waals surface area contributed by atoms with Crippen LogP contribution in [0.1, 0.15) is 29.3 Å². The predicted octanol–water partition coefficient (Wildman–Crippen LogP) is 1.79. The van der Waals surface area contributed by atoms with E-state index in [2.05, 4.69) is 27.0 Å². The van der Waals surface area contributed by atoms with Gasteiger partial charge in [0, 0.05) is 31.5 Å². The lowest BCUT2D eigenvalue weighted by Crippen LogP contribution is -2.32. The summed E-state index contributed by atoms with van der Waals surface area (Å²) in [5.74, 6) is 1.15. The molecule has 0 amide bonds. The zero-order valence-electron chi connectivity index (χ0n) is 13.4. The average Bonchev–Trinajstić information content (AvgIpc) is 2.79. The van der Waals surface area contributed by atoms with Crippen LogP contribution in [0.2, 0.25) is 0 Å². The van der Waals surface area contributed by atoms with E-state index in [9.17, 15) is 0 Å². The molecule has 0 bridgehead atoms. The summed E-state index contributed by atoms with van der Waals surface area (Å²) < 4.78 is 5.82. The molecule has 0 unspecified atom stereocenters. The van der Waals surface area contributed by atoms with Crippen molar-refractivity contribution in [3.63, 3.8) is 0 Å². The van der Waals surface area contributed by atoms with Gasteiger partial charge in [0.25, 0.3) is 0 Å². The minimum Gasteiger partial charge on any atom is -0.379 e. The molecule has 1 fully saturated rings. The Labute approximate surface area is 136 Å². The van der Waals surface area contributed by atoms with Gasteiger partial charge in [0.1, 0.15) is 5.82 Å². The number of nitrogen functional groups attached to an aromatic ring is 1. The van der Waals surface area contributed by atoms with Gasteiger partial charge in [-0.2, -0.15) is 4.98 Å². The molecule has 1 saturated heterocycles. The summed E-state index contributed by atoms with van der Waals surface area (Å²) in [7, 11) is 0. The van der Waals surface area contributed by atoms with E-state index in [0.29, 0.717) is 19.1 Å². The normalized spacial score (nSPS) is 18.7. The number of hydrogen-bond donors (Lipinski definition) is 2. The molecular weight excluding hydrogens is 290 g/mol. The predicted molar refractivity (Wildman–Crippen MR) is 91.0 cm³/mol. The fourth-order valence-electron chi connectivity index (χ4n) is 3.08. The molecule has 0 aliphatic carbocycles. The highest BCUT2D eigenvalue weighted by Gasteiger charge is 2.26. The molecule has 23 heavy (non-hydrogen) atoms. The quantitative estimate of drug-likeness (QED) is 0.898. The summed E-state index contributed by atoms with van der Waals surface area (Å²) in [5.41, 5.74) is 15.0. The summed E-state index contributed by atoms with van der Waals surface area (Å²) in [6.07, 6.45) is 0.949. The molecule has 0 saturated carbocycles. The molecule has 2 heterocycles. The largest absolute Gasteiger partial charge is 0.379 e. The van der Waals surface area contributed by atoms with Gasteiger partial charge >= 0.3 is 0 Å². The van der Waals surface area contributed by atoms with Crippen molar-refractivity contribution in [1.82, 2.24) is 9.97 Å². The van der Waals surface area contributed by atoms with E-state index in [1.165, 1.54) is 5.56 Å². The van der Waals surface area contributed by atoms with Crippen molar-refractivity contribution in [1.29, 1.82) is 0 Å². The number of aromatic nitrogens is 2. The van der Waals surface area contributed by atoms with Crippen molar-refractivity contribution in [2.75, 3.05) is 30.4 Å². The zero-order valence-corrected chi connectivity index (χ0v) is 13.4. The molecule has 122 valence electrons. The minimum absolute atomic E-state index is 0.0750. The van der Waals surface area contributed by atoms with Crippen molar-refractivity contribution in [2.45, 2.75) is 25.9 Å². The van der Waals surface area contributed by atoms with E-state index in [1.807, 2.05) is 25.1 Å². The van der Waals surface area contributed by atoms with Gasteiger partial charge in [-0.3, -0.25) is 0 Å². The van der Waals surface area contributed by atoms with E-state index in [4.69, 9.17) is 16.2 Å². The first-order chi connectivity index (χ1) is 11.2. The third kappa shape index (κ3) is 3.43. The molecule has 6 nitrogen and oxygen atoms in total. The van der Waals surface area contributed by atoms with Crippen molar-refractivity contribution < 1.29 is 4.74 Å². The number of benzene rings is 1. The Morgan fingerprint density at radius 2 is 2.13 bits per heavy atom. The first kappa shape index (κ1) is 15.7. The number of ether oxygens (including phenoxy) is 1. The highest BCUT2D eigenvalue weighted by atomic mass is 16.5. The molecule has 1 aliphatic heterocycles. The SMILES string of the molecule is Cc1cc(N2CCCOC[C@H]2c2ccccc2CN)nc(N)n1. The molecule has 4 N–H and O–H groups in total. The molecule has 0 spiro atoms. The maximum Gasteiger partial charge on any atom is 0.222 e. The summed E-state index contributed by atoms with van der Waals surface area (Å²) in [6, 6.07) is 10.3. The van der Waals surface area contributed by atoms with Crippen molar-refractivity contribution in [3.8, 4) is 0 Å². The summed E-state index contributed by atoms with van der Waals surface area (Å²) in [5, 5.41) is 0. The van der Waals surface area contributed by atoms with Crippen LogP contribution in [0.15, 0.2) is 30.3 Å². The molecular formula is C17H23N5O. The number of nitrogens with zero attached hydrogens (tertiary/aromatic N) is 3. The zero-order chi connectivity index (χ0) is 16.2. The number of nitrogens with two attached hydrogens (primary N) is 2. The number of hydrogen-bond acceptors (Lipinski definition) is 6. The van der Waals surface area contributed by atoms with Crippen LogP contribution in [0.5, 0.6) is 0 Å². The lowest BCUT2D eigenvalue weighted by atomic mass is 9.99. The van der Waals surface area contributed by atoms with Gasteiger partial charge in [-0.15, -0.1) is 0 Å². The monoisotopic (exact) mass is 313 g/mol. The second-order valence-corrected chi connectivity index (χ2v) is 5.77. The van der Waals surface area contributed by atoms with Gasteiger partial charge in [-0.1, -0.05) is 24.3 Å². The van der Waals surface area contributed by atoms with Gasteiger partial charge in [-0.05, 0) is 24.5 Å². The minimum atomic E-state index is 0.0750. The van der Waals surface area contributed by atoms with Gasteiger partial charge in [0.2, 0.25) is 5.95 Å². The van der Waals surface area contributed by atoms with Gasteiger partial charge < -0.3 is 21.1 Å². The summed E-state index contributed by atoms with van der Waals surface area (Å²) >= 11 is 0. The number of aryl methyl sites for hydroxylation is 1. The molecule has 0 radical (unpaired) electrons. The van der Waals surface area contributed by atoms with E-state index >= 15 is 0 Å². The highest BCUT2D eigenvalue weighted by Crippen LogP contribution is 2.31. The standard InChI is InChI=1S/C17H23N5O/c1-12-9-16(21-17(19)20-12)22-7-4-8-23-11-15(22)14-6-3-2-5-13(14)10-18/h2-3,5-6,9,15H,4,7-8,10-11,18H2,1H3,(H2,19,20,21)/t15-/m0/s1. The van der Waals surface area contributed by atoms with Crippen LogP contribution >= 0.6 is 0 Å². The lowest BCUT2D eigenvalue weighted by molar-refractivity contribution is 0.134. The third-order valence-corrected chi connectivity index (χ3v) is 4.13. The van der Waals surface area contributed by atoms with E-state index in [-0.39, 0.29) is 6.04 Å². The molecule has 1 aromatic heterocycles. The Morgan fingerprint density at radius 3 is 2.91 bits per heavy atom. The van der Waals surface area contributed by atoms with Crippen LogP contribution in [0.4, 0.5) is 11.8 Å². The van der Waals surface area contributed by atoms with E-state index < -0.39 is 0 Å². The number of rotatable bonds is 3. The Morgan fingerprint density at radius 1 is 1.30 bits per heavy atom. The van der Waals surface area contributed by atoms with E-state index in [0.717, 1.165) is 36.6 Å². The fourth-order valence-corrected chi connectivity index (χ4v) is 3.08. The Balaban J connectivity index is 2.03. The lowest BCUT2D eigenvalue weighted by Gasteiger charge is -2.32. The average molecular weight is 313 g/mol. The van der Waals surface area contributed by atoms with Crippen LogP contribution in [0.25, 0.3) is 0 Å². The smallest absolute Gasteiger partial charge is 0.222 e. The second-order valence-electron chi connectivity index (χ2n) is 5.77. The molecule has 1 aromatic carbocycles. The maximum atomic E-state index is 5.92. The maximum absolute atomic E-state index is 5.92. The van der Waals surface area contributed by atoms with Gasteiger partial charge in [0.05, 0.1) is 12.6 Å². The Kier molecular flexibility index (Phi) is 4.73. The van der Waals surface area contributed by atoms with Crippen LogP contribution in [0, 0.1) is 6.92 Å². The van der Waals surface area contributed by atoms with Crippen LogP contribution in [-0.4, -0.2) is 29.7 Å². The molecule has 3 rings (SSSR count). The summed E-state index contributed by atoms with van der Waals surface area (Å²) in [6.45, 7) is 4.65. The first-order valence-electron chi connectivity index (χ1n) is 7.92. The summed E-state index contributed by atoms with van der Waals surface area (Å²) in [4.78, 5) is 10.9. The van der Waals surface area contributed by atoms with Crippen LogP contribution < -0.4 is 16.4 Å². The highest BCUT2D eigenvalue weighted by molar-refractivity contribution is 5.47. The topological polar surface area (TPSA) is 90.3 Å². The van der Waals surface area contributed by atoms with Crippen LogP contribution in [0.3, 0.4) is 0 Å². The molecule has 6 heteroatoms. The number of anilines is 2. The van der Waals surface area contributed by atoms with Crippen molar-refractivity contribution in [3.05, 3.63) is 47.2 Å². The third-order valence-electron chi connectivity index (χ3n) is 4.13. The van der Waals surface area contributed by atoms with Gasteiger partial charge in [-0.25, -0.2) is 4.98 Å². The van der Waals surface area contributed by atoms with Crippen molar-refractivity contribution >= 4 is 11.8 Å². The van der Waals surface area contributed by atoms with Gasteiger partial charge in [0.15, 0.2) is 0 Å².